The van der Waals surface area contributed by atoms with Crippen molar-refractivity contribution in [3.05, 3.63) is 48.0 Å². The molecule has 0 unspecified atom stereocenters. The maximum atomic E-state index is 12.3. The van der Waals surface area contributed by atoms with E-state index in [1.165, 1.54) is 0 Å². The van der Waals surface area contributed by atoms with Gasteiger partial charge in [-0.3, -0.25) is 9.59 Å². The molecule has 4 heteroatoms. The van der Waals surface area contributed by atoms with Crippen molar-refractivity contribution in [2.24, 2.45) is 0 Å². The van der Waals surface area contributed by atoms with Gasteiger partial charge in [-0.05, 0) is 23.8 Å². The molecule has 1 atom stereocenters. The van der Waals surface area contributed by atoms with E-state index in [4.69, 9.17) is 4.74 Å². The predicted molar refractivity (Wildman–Crippen MR) is 89.5 cm³/mol. The van der Waals surface area contributed by atoms with Crippen LogP contribution < -0.4 is 0 Å². The Balaban J connectivity index is 1.60. The summed E-state index contributed by atoms with van der Waals surface area (Å²) in [4.78, 5) is 26.3. The monoisotopic (exact) mass is 311 g/mol. The molecular weight excluding hydrogens is 290 g/mol. The Bertz CT molecular complexity index is 725. The molecule has 0 radical (unpaired) electrons. The van der Waals surface area contributed by atoms with E-state index in [1.807, 2.05) is 49.4 Å². The van der Waals surface area contributed by atoms with Gasteiger partial charge >= 0.3 is 0 Å². The largest absolute Gasteiger partial charge is 0.375 e. The fourth-order valence-corrected chi connectivity index (χ4v) is 2.93. The highest BCUT2D eigenvalue weighted by Crippen LogP contribution is 2.17. The van der Waals surface area contributed by atoms with E-state index in [-0.39, 0.29) is 30.6 Å². The number of benzene rings is 2. The molecule has 1 amide bonds. The zero-order valence-corrected chi connectivity index (χ0v) is 13.3. The summed E-state index contributed by atoms with van der Waals surface area (Å²) in [5.74, 6) is 0.0553. The fourth-order valence-electron chi connectivity index (χ4n) is 2.93. The normalized spacial score (nSPS) is 18.1. The van der Waals surface area contributed by atoms with E-state index in [9.17, 15) is 9.59 Å². The first-order chi connectivity index (χ1) is 11.1. The Kier molecular flexibility index (Phi) is 4.72. The van der Waals surface area contributed by atoms with E-state index in [1.54, 1.807) is 4.90 Å². The van der Waals surface area contributed by atoms with E-state index >= 15 is 0 Å². The molecule has 2 aromatic carbocycles. The van der Waals surface area contributed by atoms with Crippen molar-refractivity contribution >= 4 is 22.5 Å². The lowest BCUT2D eigenvalue weighted by Crippen LogP contribution is -2.44. The minimum Gasteiger partial charge on any atom is -0.375 e. The third-order valence-corrected chi connectivity index (χ3v) is 4.23. The number of carbonyl (C=O) groups excluding carboxylic acids is 2. The summed E-state index contributed by atoms with van der Waals surface area (Å²) in [6, 6.07) is 13.6. The highest BCUT2D eigenvalue weighted by atomic mass is 16.5. The molecule has 1 aliphatic rings. The number of ether oxygens (including phenoxy) is 1. The number of amides is 1. The SMILES string of the molecule is C[C@H]1CN(C(=O)CCC(=O)c2ccc3ccccc3c2)CCO1. The average molecular weight is 311 g/mol. The quantitative estimate of drug-likeness (QED) is 0.815. The van der Waals surface area contributed by atoms with Gasteiger partial charge in [0.25, 0.3) is 0 Å². The van der Waals surface area contributed by atoms with Gasteiger partial charge in [0.1, 0.15) is 0 Å². The fraction of sp³-hybridized carbons (Fsp3) is 0.368. The van der Waals surface area contributed by atoms with Gasteiger partial charge < -0.3 is 9.64 Å². The van der Waals surface area contributed by atoms with Crippen LogP contribution in [0.3, 0.4) is 0 Å². The smallest absolute Gasteiger partial charge is 0.223 e. The van der Waals surface area contributed by atoms with Crippen molar-refractivity contribution in [2.45, 2.75) is 25.9 Å². The molecule has 0 bridgehead atoms. The topological polar surface area (TPSA) is 46.6 Å². The Morgan fingerprint density at radius 3 is 2.70 bits per heavy atom. The van der Waals surface area contributed by atoms with E-state index in [0.717, 1.165) is 10.8 Å². The van der Waals surface area contributed by atoms with Crippen LogP contribution in [0.15, 0.2) is 42.5 Å². The van der Waals surface area contributed by atoms with Crippen molar-refractivity contribution in [3.8, 4) is 0 Å². The van der Waals surface area contributed by atoms with Crippen molar-refractivity contribution < 1.29 is 14.3 Å². The van der Waals surface area contributed by atoms with E-state index in [0.29, 0.717) is 25.3 Å². The maximum absolute atomic E-state index is 12.3. The van der Waals surface area contributed by atoms with Gasteiger partial charge in [-0.2, -0.15) is 0 Å². The molecule has 0 N–H and O–H groups in total. The number of carbonyl (C=O) groups is 2. The number of ketones is 1. The van der Waals surface area contributed by atoms with Gasteiger partial charge in [0.15, 0.2) is 5.78 Å². The highest BCUT2D eigenvalue weighted by Gasteiger charge is 2.21. The lowest BCUT2D eigenvalue weighted by molar-refractivity contribution is -0.138. The van der Waals surface area contributed by atoms with Gasteiger partial charge in [-0.15, -0.1) is 0 Å². The number of nitrogens with zero attached hydrogens (tertiary/aromatic N) is 1. The van der Waals surface area contributed by atoms with Crippen LogP contribution in [0.5, 0.6) is 0 Å². The van der Waals surface area contributed by atoms with Crippen molar-refractivity contribution in [2.75, 3.05) is 19.7 Å². The molecule has 1 aliphatic heterocycles. The van der Waals surface area contributed by atoms with Crippen LogP contribution >= 0.6 is 0 Å². The van der Waals surface area contributed by atoms with Crippen LogP contribution in [-0.4, -0.2) is 42.4 Å². The molecule has 120 valence electrons. The lowest BCUT2D eigenvalue weighted by atomic mass is 10.0. The van der Waals surface area contributed by atoms with Crippen LogP contribution in [0.1, 0.15) is 30.1 Å². The van der Waals surface area contributed by atoms with Gasteiger partial charge in [0, 0.05) is 31.5 Å². The summed E-state index contributed by atoms with van der Waals surface area (Å²) < 4.78 is 5.43. The van der Waals surface area contributed by atoms with Gasteiger partial charge in [-0.25, -0.2) is 0 Å². The maximum Gasteiger partial charge on any atom is 0.223 e. The summed E-state index contributed by atoms with van der Waals surface area (Å²) >= 11 is 0. The molecular formula is C19H21NO3. The minimum absolute atomic E-state index is 0.0189. The molecule has 0 aliphatic carbocycles. The lowest BCUT2D eigenvalue weighted by Gasteiger charge is -2.31. The van der Waals surface area contributed by atoms with E-state index < -0.39 is 0 Å². The molecule has 1 fully saturated rings. The first-order valence-electron chi connectivity index (χ1n) is 8.05. The van der Waals surface area contributed by atoms with Crippen LogP contribution in [0.2, 0.25) is 0 Å². The number of hydrogen-bond donors (Lipinski definition) is 0. The van der Waals surface area contributed by atoms with Crippen molar-refractivity contribution in [1.29, 1.82) is 0 Å². The zero-order valence-electron chi connectivity index (χ0n) is 13.3. The van der Waals surface area contributed by atoms with E-state index in [2.05, 4.69) is 0 Å². The molecule has 0 saturated carbocycles. The average Bonchev–Trinajstić information content (AvgIpc) is 2.59. The minimum atomic E-state index is 0.0189. The Morgan fingerprint density at radius 1 is 1.13 bits per heavy atom. The molecule has 3 rings (SSSR count). The molecule has 2 aromatic rings. The molecule has 1 heterocycles. The molecule has 23 heavy (non-hydrogen) atoms. The van der Waals surface area contributed by atoms with Crippen LogP contribution in [0, 0.1) is 0 Å². The first kappa shape index (κ1) is 15.7. The summed E-state index contributed by atoms with van der Waals surface area (Å²) in [7, 11) is 0. The van der Waals surface area contributed by atoms with Crippen LogP contribution in [-0.2, 0) is 9.53 Å². The number of hydrogen-bond acceptors (Lipinski definition) is 3. The second-order valence-electron chi connectivity index (χ2n) is 6.01. The number of rotatable bonds is 4. The second kappa shape index (κ2) is 6.92. The standard InChI is InChI=1S/C19H21NO3/c1-14-13-20(10-11-23-14)19(22)9-8-18(21)17-7-6-15-4-2-3-5-16(15)12-17/h2-7,12,14H,8-11,13H2,1H3/t14-/m0/s1. The molecule has 4 nitrogen and oxygen atoms in total. The van der Waals surface area contributed by atoms with Crippen LogP contribution in [0.4, 0.5) is 0 Å². The van der Waals surface area contributed by atoms with Gasteiger partial charge in [0.2, 0.25) is 5.91 Å². The first-order valence-corrected chi connectivity index (χ1v) is 8.05. The Labute approximate surface area is 136 Å². The number of fused-ring (bicyclic) bond motifs is 1. The number of Topliss-reactive ketones (excluding diaryl/α,β-unsaturated/α-hetero) is 1. The summed E-state index contributed by atoms with van der Waals surface area (Å²) in [6.07, 6.45) is 0.588. The summed E-state index contributed by atoms with van der Waals surface area (Å²) in [5.41, 5.74) is 0.673. The Morgan fingerprint density at radius 2 is 1.91 bits per heavy atom. The molecule has 0 spiro atoms. The third-order valence-electron chi connectivity index (χ3n) is 4.23. The highest BCUT2D eigenvalue weighted by molar-refractivity contribution is 6.01. The van der Waals surface area contributed by atoms with Gasteiger partial charge in [-0.1, -0.05) is 36.4 Å². The predicted octanol–water partition coefficient (Wildman–Crippen LogP) is 3.05. The molecule has 0 aromatic heterocycles. The molecule has 1 saturated heterocycles. The summed E-state index contributed by atoms with van der Waals surface area (Å²) in [6.45, 7) is 3.77. The van der Waals surface area contributed by atoms with Crippen LogP contribution in [0.25, 0.3) is 10.8 Å². The van der Waals surface area contributed by atoms with Crippen molar-refractivity contribution in [3.63, 3.8) is 0 Å². The summed E-state index contributed by atoms with van der Waals surface area (Å²) in [5, 5.41) is 2.16. The zero-order chi connectivity index (χ0) is 16.2. The number of morpholine rings is 1. The van der Waals surface area contributed by atoms with Gasteiger partial charge in [0.05, 0.1) is 12.7 Å². The Hall–Kier alpha value is -2.20. The van der Waals surface area contributed by atoms with Crippen molar-refractivity contribution in [1.82, 2.24) is 4.90 Å². The second-order valence-corrected chi connectivity index (χ2v) is 6.01. The third kappa shape index (κ3) is 3.77.